The lowest BCUT2D eigenvalue weighted by Crippen LogP contribution is -1.96. The Bertz CT molecular complexity index is 867. The van der Waals surface area contributed by atoms with E-state index >= 15 is 0 Å². The Hall–Kier alpha value is -2.13. The molecule has 102 valence electrons. The maximum atomic E-state index is 9.47. The van der Waals surface area contributed by atoms with E-state index in [2.05, 4.69) is 33.6 Å². The molecule has 1 aromatic heterocycles. The molecule has 0 spiro atoms. The van der Waals surface area contributed by atoms with Crippen molar-refractivity contribution in [2.24, 2.45) is 7.05 Å². The van der Waals surface area contributed by atoms with Gasteiger partial charge in [-0.15, -0.1) is 0 Å². The van der Waals surface area contributed by atoms with Gasteiger partial charge in [-0.25, -0.2) is 4.98 Å². The van der Waals surface area contributed by atoms with Crippen molar-refractivity contribution in [2.75, 3.05) is 0 Å². The summed E-state index contributed by atoms with van der Waals surface area (Å²) < 4.78 is 3.13. The Morgan fingerprint density at radius 2 is 1.90 bits per heavy atom. The second kappa shape index (κ2) is 5.70. The number of halogens is 1. The van der Waals surface area contributed by atoms with E-state index in [9.17, 15) is 5.26 Å². The molecule has 0 N–H and O–H groups in total. The number of hydrogen-bond donors (Lipinski definition) is 0. The Kier molecular flexibility index (Phi) is 3.76. The van der Waals surface area contributed by atoms with E-state index in [1.807, 2.05) is 66.2 Å². The summed E-state index contributed by atoms with van der Waals surface area (Å²) in [5, 5.41) is 9.47. The maximum absolute atomic E-state index is 9.47. The Morgan fingerprint density at radius 3 is 2.57 bits per heavy atom. The van der Waals surface area contributed by atoms with Gasteiger partial charge in [0.2, 0.25) is 0 Å². The van der Waals surface area contributed by atoms with E-state index in [1.165, 1.54) is 3.57 Å². The Balaban J connectivity index is 2.12. The summed E-state index contributed by atoms with van der Waals surface area (Å²) in [6.45, 7) is 0. The van der Waals surface area contributed by atoms with Crippen LogP contribution in [-0.4, -0.2) is 9.55 Å². The molecule has 0 aliphatic heterocycles. The van der Waals surface area contributed by atoms with Crippen LogP contribution in [0.1, 0.15) is 11.4 Å². The molecule has 0 saturated heterocycles. The summed E-state index contributed by atoms with van der Waals surface area (Å²) in [5.41, 5.74) is 3.49. The third-order valence-corrected chi connectivity index (χ3v) is 4.05. The van der Waals surface area contributed by atoms with Crippen molar-refractivity contribution in [3.05, 3.63) is 63.5 Å². The fraction of sp³-hybridized carbons (Fsp3) is 0.0588. The van der Waals surface area contributed by atoms with E-state index < -0.39 is 0 Å². The smallest absolute Gasteiger partial charge is 0.151 e. The third kappa shape index (κ3) is 2.69. The summed E-state index contributed by atoms with van der Waals surface area (Å²) in [6, 6.07) is 18.2. The van der Waals surface area contributed by atoms with E-state index in [-0.39, 0.29) is 0 Å². The molecule has 0 aliphatic carbocycles. The molecule has 0 atom stereocenters. The molecular weight excluding hydrogens is 373 g/mol. The summed E-state index contributed by atoms with van der Waals surface area (Å²) >= 11 is 2.26. The first-order valence-corrected chi connectivity index (χ1v) is 7.56. The first kappa shape index (κ1) is 13.8. The maximum Gasteiger partial charge on any atom is 0.151 e. The van der Waals surface area contributed by atoms with Gasteiger partial charge < -0.3 is 4.57 Å². The highest BCUT2D eigenvalue weighted by molar-refractivity contribution is 14.1. The number of para-hydroxylation sites is 2. The van der Waals surface area contributed by atoms with Crippen molar-refractivity contribution in [3.8, 4) is 6.07 Å². The Labute approximate surface area is 136 Å². The average Bonchev–Trinajstić information content (AvgIpc) is 2.84. The number of fused-ring (bicyclic) bond motifs is 1. The van der Waals surface area contributed by atoms with Gasteiger partial charge in [-0.2, -0.15) is 5.26 Å². The van der Waals surface area contributed by atoms with E-state index in [0.717, 1.165) is 16.6 Å². The number of allylic oxidation sites excluding steroid dienone is 1. The van der Waals surface area contributed by atoms with Crippen LogP contribution in [0.4, 0.5) is 0 Å². The van der Waals surface area contributed by atoms with Crippen molar-refractivity contribution in [1.82, 2.24) is 9.55 Å². The molecule has 3 rings (SSSR count). The number of hydrogen-bond acceptors (Lipinski definition) is 2. The molecule has 21 heavy (non-hydrogen) atoms. The third-order valence-electron chi connectivity index (χ3n) is 3.33. The highest BCUT2D eigenvalue weighted by Gasteiger charge is 2.11. The molecule has 0 aliphatic rings. The first-order chi connectivity index (χ1) is 10.2. The number of nitriles is 1. The highest BCUT2D eigenvalue weighted by Crippen LogP contribution is 2.22. The molecule has 0 radical (unpaired) electrons. The molecule has 0 unspecified atom stereocenters. The van der Waals surface area contributed by atoms with E-state index in [1.54, 1.807) is 0 Å². The van der Waals surface area contributed by atoms with Crippen LogP contribution in [-0.2, 0) is 7.05 Å². The molecule has 0 fully saturated rings. The number of nitrogens with zero attached hydrogens (tertiary/aromatic N) is 3. The molecular formula is C17H12IN3. The van der Waals surface area contributed by atoms with Crippen molar-refractivity contribution >= 4 is 45.3 Å². The van der Waals surface area contributed by atoms with Gasteiger partial charge in [-0.05, 0) is 58.5 Å². The second-order valence-corrected chi connectivity index (χ2v) is 5.95. The van der Waals surface area contributed by atoms with Crippen LogP contribution in [0.2, 0.25) is 0 Å². The fourth-order valence-corrected chi connectivity index (χ4v) is 2.62. The fourth-order valence-electron chi connectivity index (χ4n) is 2.26. The zero-order valence-corrected chi connectivity index (χ0v) is 13.6. The van der Waals surface area contributed by atoms with Gasteiger partial charge in [-0.3, -0.25) is 0 Å². The molecule has 3 aromatic rings. The largest absolute Gasteiger partial charge is 0.327 e. The van der Waals surface area contributed by atoms with Crippen LogP contribution in [0.15, 0.2) is 48.5 Å². The molecule has 0 amide bonds. The van der Waals surface area contributed by atoms with Crippen LogP contribution >= 0.6 is 22.6 Å². The summed E-state index contributed by atoms with van der Waals surface area (Å²) in [5.74, 6) is 0.692. The quantitative estimate of drug-likeness (QED) is 0.489. The first-order valence-electron chi connectivity index (χ1n) is 6.48. The van der Waals surface area contributed by atoms with Crippen LogP contribution in [0, 0.1) is 14.9 Å². The minimum atomic E-state index is 0.565. The zero-order chi connectivity index (χ0) is 14.8. The normalized spacial score (nSPS) is 11.6. The van der Waals surface area contributed by atoms with Gasteiger partial charge in [0.1, 0.15) is 6.07 Å². The number of rotatable bonds is 2. The minimum absolute atomic E-state index is 0.565. The molecule has 3 nitrogen and oxygen atoms in total. The monoisotopic (exact) mass is 385 g/mol. The van der Waals surface area contributed by atoms with E-state index in [4.69, 9.17) is 0 Å². The van der Waals surface area contributed by atoms with Gasteiger partial charge in [0, 0.05) is 10.6 Å². The van der Waals surface area contributed by atoms with Crippen LogP contribution in [0.3, 0.4) is 0 Å². The average molecular weight is 385 g/mol. The number of imidazole rings is 1. The lowest BCUT2D eigenvalue weighted by atomic mass is 10.1. The van der Waals surface area contributed by atoms with E-state index in [0.29, 0.717) is 11.4 Å². The predicted molar refractivity (Wildman–Crippen MR) is 93.4 cm³/mol. The van der Waals surface area contributed by atoms with Crippen molar-refractivity contribution in [1.29, 1.82) is 5.26 Å². The predicted octanol–water partition coefficient (Wildman–Crippen LogP) is 4.24. The lowest BCUT2D eigenvalue weighted by Gasteiger charge is -2.01. The molecule has 0 bridgehead atoms. The summed E-state index contributed by atoms with van der Waals surface area (Å²) in [7, 11) is 1.93. The van der Waals surface area contributed by atoms with Crippen molar-refractivity contribution < 1.29 is 0 Å². The standard InChI is InChI=1S/C17H12IN3/c1-21-16-5-3-2-4-15(16)20-17(21)13(11-19)10-12-6-8-14(18)9-7-12/h2-10H,1H3. The van der Waals surface area contributed by atoms with Crippen molar-refractivity contribution in [2.45, 2.75) is 0 Å². The second-order valence-electron chi connectivity index (χ2n) is 4.70. The van der Waals surface area contributed by atoms with Gasteiger partial charge >= 0.3 is 0 Å². The Morgan fingerprint density at radius 1 is 1.19 bits per heavy atom. The van der Waals surface area contributed by atoms with Crippen LogP contribution < -0.4 is 0 Å². The molecule has 4 heteroatoms. The van der Waals surface area contributed by atoms with Gasteiger partial charge in [0.05, 0.1) is 16.6 Å². The van der Waals surface area contributed by atoms with Gasteiger partial charge in [0.15, 0.2) is 5.82 Å². The van der Waals surface area contributed by atoms with Gasteiger partial charge in [-0.1, -0.05) is 24.3 Å². The zero-order valence-electron chi connectivity index (χ0n) is 11.4. The molecule has 2 aromatic carbocycles. The highest BCUT2D eigenvalue weighted by atomic mass is 127. The minimum Gasteiger partial charge on any atom is -0.327 e. The van der Waals surface area contributed by atoms with Gasteiger partial charge in [0.25, 0.3) is 0 Å². The van der Waals surface area contributed by atoms with Crippen molar-refractivity contribution in [3.63, 3.8) is 0 Å². The number of aromatic nitrogens is 2. The number of benzene rings is 2. The molecule has 1 heterocycles. The lowest BCUT2D eigenvalue weighted by molar-refractivity contribution is 0.925. The number of aryl methyl sites for hydroxylation is 1. The topological polar surface area (TPSA) is 41.6 Å². The summed E-state index contributed by atoms with van der Waals surface area (Å²) in [6.07, 6.45) is 1.87. The summed E-state index contributed by atoms with van der Waals surface area (Å²) in [4.78, 5) is 4.57. The van der Waals surface area contributed by atoms with Crippen LogP contribution in [0.5, 0.6) is 0 Å². The SMILES string of the molecule is Cn1c(C(C#N)=Cc2ccc(I)cc2)nc2ccccc21. The molecule has 0 saturated carbocycles. The van der Waals surface area contributed by atoms with Crippen LogP contribution in [0.25, 0.3) is 22.7 Å².